The molecule has 0 aliphatic heterocycles. The Labute approximate surface area is 142 Å². The third-order valence-corrected chi connectivity index (χ3v) is 3.99. The van der Waals surface area contributed by atoms with Crippen LogP contribution >= 0.6 is 0 Å². The van der Waals surface area contributed by atoms with Crippen molar-refractivity contribution in [2.75, 3.05) is 20.3 Å². The van der Waals surface area contributed by atoms with Crippen molar-refractivity contribution in [3.8, 4) is 11.5 Å². The molecule has 0 amide bonds. The summed E-state index contributed by atoms with van der Waals surface area (Å²) < 4.78 is 11.4. The predicted molar refractivity (Wildman–Crippen MR) is 98.5 cm³/mol. The lowest BCUT2D eigenvalue weighted by Gasteiger charge is -2.12. The molecule has 0 atom stereocenters. The monoisotopic (exact) mass is 321 g/mol. The van der Waals surface area contributed by atoms with Crippen molar-refractivity contribution in [3.05, 3.63) is 23.8 Å². The summed E-state index contributed by atoms with van der Waals surface area (Å²) >= 11 is 0. The highest BCUT2D eigenvalue weighted by Gasteiger charge is 2.05. The van der Waals surface area contributed by atoms with E-state index < -0.39 is 0 Å². The van der Waals surface area contributed by atoms with Crippen LogP contribution in [0.4, 0.5) is 0 Å². The highest BCUT2D eigenvalue weighted by Crippen LogP contribution is 2.28. The summed E-state index contributed by atoms with van der Waals surface area (Å²) in [6.07, 6.45) is 10.3. The lowest BCUT2D eigenvalue weighted by atomic mass is 10.1. The summed E-state index contributed by atoms with van der Waals surface area (Å²) in [6.45, 7) is 7.12. The number of rotatable bonds is 14. The van der Waals surface area contributed by atoms with Crippen LogP contribution in [0.1, 0.15) is 70.8 Å². The fourth-order valence-corrected chi connectivity index (χ4v) is 2.59. The summed E-state index contributed by atoms with van der Waals surface area (Å²) in [5, 5.41) is 3.41. The second kappa shape index (κ2) is 13.2. The second-order valence-corrected chi connectivity index (χ2v) is 6.13. The third kappa shape index (κ3) is 8.85. The molecule has 0 aliphatic carbocycles. The first-order valence-corrected chi connectivity index (χ1v) is 9.32. The van der Waals surface area contributed by atoms with Gasteiger partial charge in [-0.05, 0) is 37.1 Å². The van der Waals surface area contributed by atoms with Crippen molar-refractivity contribution in [2.45, 2.75) is 71.8 Å². The summed E-state index contributed by atoms with van der Waals surface area (Å²) in [5.41, 5.74) is 1.23. The van der Waals surface area contributed by atoms with Gasteiger partial charge in [0.25, 0.3) is 0 Å². The van der Waals surface area contributed by atoms with Gasteiger partial charge in [-0.25, -0.2) is 0 Å². The average Bonchev–Trinajstić information content (AvgIpc) is 2.58. The van der Waals surface area contributed by atoms with E-state index in [-0.39, 0.29) is 0 Å². The smallest absolute Gasteiger partial charge is 0.161 e. The van der Waals surface area contributed by atoms with Crippen LogP contribution in [0.5, 0.6) is 11.5 Å². The average molecular weight is 322 g/mol. The van der Waals surface area contributed by atoms with Gasteiger partial charge in [0.1, 0.15) is 0 Å². The molecule has 0 saturated carbocycles. The number of unbranched alkanes of at least 4 members (excludes halogenated alkanes) is 6. The maximum Gasteiger partial charge on any atom is 0.161 e. The van der Waals surface area contributed by atoms with E-state index in [1.165, 1.54) is 44.1 Å². The van der Waals surface area contributed by atoms with Crippen molar-refractivity contribution in [1.82, 2.24) is 5.32 Å². The molecule has 0 aliphatic rings. The Kier molecular flexibility index (Phi) is 11.4. The fraction of sp³-hybridized carbons (Fsp3) is 0.700. The first-order valence-electron chi connectivity index (χ1n) is 9.32. The summed E-state index contributed by atoms with van der Waals surface area (Å²) in [4.78, 5) is 0. The molecule has 0 spiro atoms. The summed E-state index contributed by atoms with van der Waals surface area (Å²) in [5.74, 6) is 1.70. The molecule has 1 N–H and O–H groups in total. The molecule has 1 aromatic rings. The Hall–Kier alpha value is -1.22. The number of benzene rings is 1. The maximum atomic E-state index is 5.89. The zero-order valence-electron chi connectivity index (χ0n) is 15.3. The van der Waals surface area contributed by atoms with Crippen LogP contribution in [0.15, 0.2) is 18.2 Å². The van der Waals surface area contributed by atoms with Gasteiger partial charge in [-0.15, -0.1) is 0 Å². The van der Waals surface area contributed by atoms with Gasteiger partial charge >= 0.3 is 0 Å². The van der Waals surface area contributed by atoms with Gasteiger partial charge in [0, 0.05) is 6.54 Å². The molecule has 1 aromatic carbocycles. The van der Waals surface area contributed by atoms with E-state index in [9.17, 15) is 0 Å². The largest absolute Gasteiger partial charge is 0.493 e. The minimum atomic E-state index is 0.775. The van der Waals surface area contributed by atoms with E-state index in [4.69, 9.17) is 9.47 Å². The number of methoxy groups -OCH3 is 1. The van der Waals surface area contributed by atoms with Crippen LogP contribution in [0.3, 0.4) is 0 Å². The molecule has 0 radical (unpaired) electrons. The predicted octanol–water partition coefficient (Wildman–Crippen LogP) is 5.32. The van der Waals surface area contributed by atoms with Crippen LogP contribution < -0.4 is 14.8 Å². The topological polar surface area (TPSA) is 30.5 Å². The molecule has 132 valence electrons. The first kappa shape index (κ1) is 19.8. The maximum absolute atomic E-state index is 5.89. The number of hydrogen-bond donors (Lipinski definition) is 1. The molecular formula is C20H35NO2. The summed E-state index contributed by atoms with van der Waals surface area (Å²) in [7, 11) is 1.71. The zero-order chi connectivity index (χ0) is 16.8. The van der Waals surface area contributed by atoms with Crippen LogP contribution in [-0.2, 0) is 6.54 Å². The fourth-order valence-electron chi connectivity index (χ4n) is 2.59. The van der Waals surface area contributed by atoms with Crippen LogP contribution in [0.25, 0.3) is 0 Å². The van der Waals surface area contributed by atoms with Gasteiger partial charge < -0.3 is 14.8 Å². The van der Waals surface area contributed by atoms with Gasteiger partial charge in [0.05, 0.1) is 13.7 Å². The molecule has 0 saturated heterocycles. The van der Waals surface area contributed by atoms with Crippen molar-refractivity contribution < 1.29 is 9.47 Å². The quantitative estimate of drug-likeness (QED) is 0.470. The van der Waals surface area contributed by atoms with Gasteiger partial charge in [0.15, 0.2) is 11.5 Å². The van der Waals surface area contributed by atoms with Gasteiger partial charge in [-0.2, -0.15) is 0 Å². The Morgan fingerprint density at radius 3 is 2.30 bits per heavy atom. The van der Waals surface area contributed by atoms with Crippen molar-refractivity contribution in [1.29, 1.82) is 0 Å². The SMILES string of the molecule is CCCCCCCCCOc1ccc(CNCCC)cc1OC. The molecule has 3 nitrogen and oxygen atoms in total. The Balaban J connectivity index is 2.27. The molecule has 1 rings (SSSR count). The lowest BCUT2D eigenvalue weighted by molar-refractivity contribution is 0.284. The molecule has 0 aromatic heterocycles. The van der Waals surface area contributed by atoms with Crippen molar-refractivity contribution >= 4 is 0 Å². The van der Waals surface area contributed by atoms with Crippen LogP contribution in [0.2, 0.25) is 0 Å². The van der Waals surface area contributed by atoms with Crippen molar-refractivity contribution in [2.24, 2.45) is 0 Å². The summed E-state index contributed by atoms with van der Waals surface area (Å²) in [6, 6.07) is 6.22. The van der Waals surface area contributed by atoms with Crippen LogP contribution in [0, 0.1) is 0 Å². The molecule has 23 heavy (non-hydrogen) atoms. The van der Waals surface area contributed by atoms with Gasteiger partial charge in [-0.3, -0.25) is 0 Å². The van der Waals surface area contributed by atoms with E-state index in [2.05, 4.69) is 31.3 Å². The van der Waals surface area contributed by atoms with E-state index in [1.54, 1.807) is 7.11 Å². The highest BCUT2D eigenvalue weighted by atomic mass is 16.5. The molecule has 0 heterocycles. The molecule has 0 unspecified atom stereocenters. The van der Waals surface area contributed by atoms with Crippen LogP contribution in [-0.4, -0.2) is 20.3 Å². The van der Waals surface area contributed by atoms with E-state index in [0.717, 1.165) is 44.0 Å². The molecule has 3 heteroatoms. The molecular weight excluding hydrogens is 286 g/mol. The minimum Gasteiger partial charge on any atom is -0.493 e. The number of nitrogens with one attached hydrogen (secondary N) is 1. The van der Waals surface area contributed by atoms with Crippen molar-refractivity contribution in [3.63, 3.8) is 0 Å². The standard InChI is InChI=1S/C20H35NO2/c1-4-6-7-8-9-10-11-15-23-19-13-12-18(16-20(19)22-3)17-21-14-5-2/h12-13,16,21H,4-11,14-15,17H2,1-3H3. The zero-order valence-corrected chi connectivity index (χ0v) is 15.3. The van der Waals surface area contributed by atoms with Gasteiger partial charge in [0.2, 0.25) is 0 Å². The minimum absolute atomic E-state index is 0.775. The first-order chi connectivity index (χ1) is 11.3. The highest BCUT2D eigenvalue weighted by molar-refractivity contribution is 5.42. The van der Waals surface area contributed by atoms with E-state index in [0.29, 0.717) is 0 Å². The Morgan fingerprint density at radius 2 is 1.61 bits per heavy atom. The molecule has 0 bridgehead atoms. The Bertz CT molecular complexity index is 407. The van der Waals surface area contributed by atoms with E-state index >= 15 is 0 Å². The number of ether oxygens (including phenoxy) is 2. The molecule has 0 fully saturated rings. The normalized spacial score (nSPS) is 10.7. The second-order valence-electron chi connectivity index (χ2n) is 6.13. The third-order valence-electron chi connectivity index (χ3n) is 3.99. The van der Waals surface area contributed by atoms with E-state index in [1.807, 2.05) is 6.07 Å². The van der Waals surface area contributed by atoms with Gasteiger partial charge in [-0.1, -0.05) is 58.4 Å². The Morgan fingerprint density at radius 1 is 0.870 bits per heavy atom. The lowest BCUT2D eigenvalue weighted by Crippen LogP contribution is -2.13. The number of hydrogen-bond acceptors (Lipinski definition) is 3.